The van der Waals surface area contributed by atoms with E-state index in [0.717, 1.165) is 11.8 Å². The number of esters is 1. The molecule has 2 rings (SSSR count). The molecule has 1 saturated heterocycles. The topological polar surface area (TPSA) is 75.7 Å². The van der Waals surface area contributed by atoms with Gasteiger partial charge in [-0.2, -0.15) is 0 Å². The molecule has 1 aliphatic rings. The fourth-order valence-corrected chi connectivity index (χ4v) is 3.00. The second-order valence-electron chi connectivity index (χ2n) is 4.78. The van der Waals surface area contributed by atoms with Gasteiger partial charge in [0.05, 0.1) is 10.7 Å². The number of anilines is 1. The van der Waals surface area contributed by atoms with E-state index in [1.807, 2.05) is 0 Å². The minimum absolute atomic E-state index is 0.162. The van der Waals surface area contributed by atoms with Crippen LogP contribution in [0.4, 0.5) is 10.5 Å². The number of nitrogens with zero attached hydrogens (tertiary/aromatic N) is 1. The smallest absolute Gasteiger partial charge is 0.326 e. The number of ether oxygens (including phenoxy) is 1. The van der Waals surface area contributed by atoms with Crippen molar-refractivity contribution in [3.05, 3.63) is 28.2 Å². The Balaban J connectivity index is 1.88. The monoisotopic (exact) mass is 376 g/mol. The molecule has 0 spiro atoms. The van der Waals surface area contributed by atoms with Crippen LogP contribution in [0.1, 0.15) is 6.92 Å². The van der Waals surface area contributed by atoms with Gasteiger partial charge in [-0.25, -0.2) is 0 Å². The zero-order valence-corrected chi connectivity index (χ0v) is 14.5. The van der Waals surface area contributed by atoms with Crippen molar-refractivity contribution in [3.63, 3.8) is 0 Å². The Morgan fingerprint density at radius 1 is 1.43 bits per heavy atom. The molecular formula is C14H14Cl2N2O4S. The van der Waals surface area contributed by atoms with E-state index >= 15 is 0 Å². The molecule has 1 heterocycles. The molecule has 0 saturated carbocycles. The fraction of sp³-hybridized carbons (Fsp3) is 0.357. The van der Waals surface area contributed by atoms with E-state index in [4.69, 9.17) is 27.9 Å². The Labute approximate surface area is 147 Å². The molecule has 1 aromatic rings. The normalized spacial score (nSPS) is 15.4. The van der Waals surface area contributed by atoms with Gasteiger partial charge in [-0.05, 0) is 25.1 Å². The number of thioether (sulfide) groups is 1. The molecule has 124 valence electrons. The molecule has 1 N–H and O–H groups in total. The number of hydrogen-bond donors (Lipinski definition) is 1. The van der Waals surface area contributed by atoms with Crippen LogP contribution in [0, 0.1) is 0 Å². The average Bonchev–Trinajstić information content (AvgIpc) is 2.88. The lowest BCUT2D eigenvalue weighted by atomic mass is 10.3. The summed E-state index contributed by atoms with van der Waals surface area (Å²) >= 11 is 12.9. The largest absolute Gasteiger partial charge is 0.451 e. The molecule has 1 fully saturated rings. The molecule has 1 atom stereocenters. The van der Waals surface area contributed by atoms with E-state index < -0.39 is 18.0 Å². The van der Waals surface area contributed by atoms with Gasteiger partial charge in [-0.1, -0.05) is 35.0 Å². The Morgan fingerprint density at radius 3 is 2.83 bits per heavy atom. The van der Waals surface area contributed by atoms with E-state index in [-0.39, 0.29) is 11.8 Å². The van der Waals surface area contributed by atoms with Crippen LogP contribution in [-0.4, -0.2) is 47.0 Å². The number of halogens is 2. The minimum atomic E-state index is -1.03. The van der Waals surface area contributed by atoms with Crippen molar-refractivity contribution in [2.45, 2.75) is 13.0 Å². The number of rotatable bonds is 5. The molecule has 0 aromatic heterocycles. The van der Waals surface area contributed by atoms with Crippen LogP contribution in [0.5, 0.6) is 0 Å². The minimum Gasteiger partial charge on any atom is -0.451 e. The van der Waals surface area contributed by atoms with Gasteiger partial charge in [0.2, 0.25) is 0 Å². The lowest BCUT2D eigenvalue weighted by Gasteiger charge is -2.17. The zero-order valence-electron chi connectivity index (χ0n) is 12.2. The van der Waals surface area contributed by atoms with Crippen LogP contribution in [0.15, 0.2) is 18.2 Å². The van der Waals surface area contributed by atoms with Crippen LogP contribution in [0.25, 0.3) is 0 Å². The summed E-state index contributed by atoms with van der Waals surface area (Å²) in [5.41, 5.74) is 0.332. The van der Waals surface area contributed by atoms with Gasteiger partial charge in [0.15, 0.2) is 6.10 Å². The molecule has 0 radical (unpaired) electrons. The molecule has 6 nitrogen and oxygen atoms in total. The van der Waals surface area contributed by atoms with E-state index in [1.54, 1.807) is 12.1 Å². The van der Waals surface area contributed by atoms with Crippen molar-refractivity contribution in [1.82, 2.24) is 4.90 Å². The van der Waals surface area contributed by atoms with Crippen molar-refractivity contribution in [2.75, 3.05) is 24.2 Å². The first-order chi connectivity index (χ1) is 10.9. The first-order valence-electron chi connectivity index (χ1n) is 6.74. The highest BCUT2D eigenvalue weighted by Crippen LogP contribution is 2.25. The number of hydrogen-bond acceptors (Lipinski definition) is 5. The Bertz CT molecular complexity index is 641. The standard InChI is InChI=1S/C14H14Cl2N2O4S/c1-8(22-12(19)7-18-4-5-23-14(18)21)13(20)17-11-6-9(15)2-3-10(11)16/h2-3,6,8H,4-5,7H2,1H3,(H,17,20)/t8-/m0/s1. The third-order valence-corrected chi connectivity index (χ3v) is 4.49. The van der Waals surface area contributed by atoms with Gasteiger partial charge < -0.3 is 15.0 Å². The maximum atomic E-state index is 12.0. The van der Waals surface area contributed by atoms with Crippen molar-refractivity contribution >= 4 is 57.8 Å². The highest BCUT2D eigenvalue weighted by Gasteiger charge is 2.26. The van der Waals surface area contributed by atoms with Crippen molar-refractivity contribution in [3.8, 4) is 0 Å². The lowest BCUT2D eigenvalue weighted by Crippen LogP contribution is -2.36. The second kappa shape index (κ2) is 7.90. The molecule has 0 unspecified atom stereocenters. The average molecular weight is 377 g/mol. The van der Waals surface area contributed by atoms with Crippen molar-refractivity contribution in [1.29, 1.82) is 0 Å². The SMILES string of the molecule is C[C@H](OC(=O)CN1CCSC1=O)C(=O)Nc1cc(Cl)ccc1Cl. The first kappa shape index (κ1) is 17.9. The lowest BCUT2D eigenvalue weighted by molar-refractivity contribution is -0.153. The molecule has 0 aliphatic carbocycles. The predicted molar refractivity (Wildman–Crippen MR) is 90.1 cm³/mol. The zero-order chi connectivity index (χ0) is 17.0. The number of benzene rings is 1. The quantitative estimate of drug-likeness (QED) is 0.799. The van der Waals surface area contributed by atoms with E-state index in [0.29, 0.717) is 28.0 Å². The Morgan fingerprint density at radius 2 is 2.17 bits per heavy atom. The van der Waals surface area contributed by atoms with Crippen LogP contribution in [0.2, 0.25) is 10.0 Å². The molecule has 0 bridgehead atoms. The highest BCUT2D eigenvalue weighted by molar-refractivity contribution is 8.13. The third kappa shape index (κ3) is 5.02. The second-order valence-corrected chi connectivity index (χ2v) is 6.67. The predicted octanol–water partition coefficient (Wildman–Crippen LogP) is 3.03. The molecule has 1 aliphatic heterocycles. The van der Waals surface area contributed by atoms with Crippen molar-refractivity contribution < 1.29 is 19.1 Å². The summed E-state index contributed by atoms with van der Waals surface area (Å²) < 4.78 is 5.03. The summed E-state index contributed by atoms with van der Waals surface area (Å²) in [5.74, 6) is -0.527. The summed E-state index contributed by atoms with van der Waals surface area (Å²) in [6.45, 7) is 1.77. The van der Waals surface area contributed by atoms with Gasteiger partial charge in [-0.3, -0.25) is 14.4 Å². The van der Waals surface area contributed by atoms with Crippen LogP contribution in [-0.2, 0) is 14.3 Å². The van der Waals surface area contributed by atoms with Crippen LogP contribution >= 0.6 is 35.0 Å². The number of carbonyl (C=O) groups excluding carboxylic acids is 3. The number of amides is 2. The number of nitrogens with one attached hydrogen (secondary N) is 1. The summed E-state index contributed by atoms with van der Waals surface area (Å²) in [4.78, 5) is 36.6. The highest BCUT2D eigenvalue weighted by atomic mass is 35.5. The summed E-state index contributed by atoms with van der Waals surface area (Å²) in [5, 5.41) is 3.12. The maximum absolute atomic E-state index is 12.0. The fourth-order valence-electron chi connectivity index (χ4n) is 1.84. The molecule has 2 amide bonds. The van der Waals surface area contributed by atoms with Gasteiger partial charge >= 0.3 is 5.97 Å². The Hall–Kier alpha value is -1.44. The van der Waals surface area contributed by atoms with E-state index in [9.17, 15) is 14.4 Å². The first-order valence-corrected chi connectivity index (χ1v) is 8.48. The van der Waals surface area contributed by atoms with Gasteiger partial charge in [-0.15, -0.1) is 0 Å². The summed E-state index contributed by atoms with van der Waals surface area (Å²) in [6, 6.07) is 4.64. The maximum Gasteiger partial charge on any atom is 0.326 e. The number of carbonyl (C=O) groups is 3. The molecule has 1 aromatic carbocycles. The van der Waals surface area contributed by atoms with Crippen LogP contribution in [0.3, 0.4) is 0 Å². The molecular weight excluding hydrogens is 363 g/mol. The third-order valence-electron chi connectivity index (χ3n) is 3.03. The van der Waals surface area contributed by atoms with Crippen LogP contribution < -0.4 is 5.32 Å². The van der Waals surface area contributed by atoms with E-state index in [1.165, 1.54) is 17.9 Å². The molecule has 9 heteroatoms. The van der Waals surface area contributed by atoms with E-state index in [2.05, 4.69) is 5.32 Å². The van der Waals surface area contributed by atoms with Gasteiger partial charge in [0, 0.05) is 17.3 Å². The summed E-state index contributed by atoms with van der Waals surface area (Å²) in [7, 11) is 0. The molecule has 23 heavy (non-hydrogen) atoms. The van der Waals surface area contributed by atoms with Gasteiger partial charge in [0.25, 0.3) is 11.1 Å². The summed E-state index contributed by atoms with van der Waals surface area (Å²) in [6.07, 6.45) is -1.03. The Kier molecular flexibility index (Phi) is 6.15. The van der Waals surface area contributed by atoms with Crippen molar-refractivity contribution in [2.24, 2.45) is 0 Å². The van der Waals surface area contributed by atoms with Gasteiger partial charge in [0.1, 0.15) is 6.54 Å².